The first-order valence-electron chi connectivity index (χ1n) is 15.9. The minimum atomic E-state index is -1.74. The van der Waals surface area contributed by atoms with Gasteiger partial charge in [-0.2, -0.15) is 0 Å². The van der Waals surface area contributed by atoms with Gasteiger partial charge in [-0.25, -0.2) is 9.78 Å². The molecule has 15 nitrogen and oxygen atoms in total. The summed E-state index contributed by atoms with van der Waals surface area (Å²) < 4.78 is 26.2. The van der Waals surface area contributed by atoms with E-state index in [4.69, 9.17) is 23.7 Å². The summed E-state index contributed by atoms with van der Waals surface area (Å²) >= 11 is 3.05. The summed E-state index contributed by atoms with van der Waals surface area (Å²) in [6, 6.07) is 11.5. The number of halogens is 1. The van der Waals surface area contributed by atoms with E-state index in [-0.39, 0.29) is 30.7 Å². The number of carbonyl (C=O) groups is 6. The number of amides is 3. The average molecular weight is 853 g/mol. The molecule has 0 fully saturated rings. The molecule has 2 aromatic carbocycles. The number of aromatic nitrogens is 1. The molecular formula is C35H41IN4O11S. The lowest BCUT2D eigenvalue weighted by atomic mass is 9.92. The lowest BCUT2D eigenvalue weighted by molar-refractivity contribution is -0.141. The topological polar surface area (TPSA) is 198 Å². The Bertz CT molecular complexity index is 1690. The van der Waals surface area contributed by atoms with Gasteiger partial charge in [0.15, 0.2) is 11.4 Å². The summed E-state index contributed by atoms with van der Waals surface area (Å²) in [5, 5.41) is 8.54. The molecule has 280 valence electrons. The van der Waals surface area contributed by atoms with Crippen LogP contribution in [0.5, 0.6) is 5.75 Å². The van der Waals surface area contributed by atoms with Crippen LogP contribution in [0.2, 0.25) is 0 Å². The van der Waals surface area contributed by atoms with Crippen molar-refractivity contribution < 1.29 is 52.5 Å². The van der Waals surface area contributed by atoms with E-state index < -0.39 is 59.4 Å². The lowest BCUT2D eigenvalue weighted by Gasteiger charge is -2.31. The lowest BCUT2D eigenvalue weighted by Crippen LogP contribution is -2.60. The monoisotopic (exact) mass is 852 g/mol. The molecule has 0 bridgehead atoms. The second kappa shape index (κ2) is 20.5. The maximum Gasteiger partial charge on any atom is 0.509 e. The first-order chi connectivity index (χ1) is 24.8. The van der Waals surface area contributed by atoms with Gasteiger partial charge in [-0.05, 0) is 43.5 Å². The Morgan fingerprint density at radius 3 is 1.98 bits per heavy atom. The molecule has 3 N–H and O–H groups in total. The molecule has 1 heterocycles. The van der Waals surface area contributed by atoms with Gasteiger partial charge >= 0.3 is 12.1 Å². The van der Waals surface area contributed by atoms with Crippen LogP contribution in [-0.2, 0) is 51.2 Å². The number of Topliss-reactive ketones (excluding diaryl/α,β-unsaturated/α-hetero) is 1. The summed E-state index contributed by atoms with van der Waals surface area (Å²) in [4.78, 5) is 82.3. The minimum absolute atomic E-state index is 0.00680. The van der Waals surface area contributed by atoms with Gasteiger partial charge < -0.3 is 39.6 Å². The molecule has 0 saturated heterocycles. The van der Waals surface area contributed by atoms with Crippen molar-refractivity contribution in [1.29, 1.82) is 0 Å². The number of hydrogen-bond acceptors (Lipinski definition) is 13. The fourth-order valence-electron chi connectivity index (χ4n) is 4.69. The van der Waals surface area contributed by atoms with Gasteiger partial charge in [-0.1, -0.05) is 65.1 Å². The maximum absolute atomic E-state index is 14.1. The predicted octanol–water partition coefficient (Wildman–Crippen LogP) is 3.10. The molecule has 17 heteroatoms. The van der Waals surface area contributed by atoms with Gasteiger partial charge in [-0.15, -0.1) is 11.3 Å². The van der Waals surface area contributed by atoms with E-state index in [9.17, 15) is 28.8 Å². The Kier molecular flexibility index (Phi) is 16.6. The number of carbonyl (C=O) groups excluding carboxylic acids is 6. The van der Waals surface area contributed by atoms with E-state index in [1.807, 2.05) is 22.6 Å². The van der Waals surface area contributed by atoms with Crippen LogP contribution in [-0.4, -0.2) is 96.2 Å². The van der Waals surface area contributed by atoms with Crippen LogP contribution in [0.3, 0.4) is 0 Å². The van der Waals surface area contributed by atoms with Crippen molar-refractivity contribution in [2.24, 2.45) is 0 Å². The third kappa shape index (κ3) is 12.9. The summed E-state index contributed by atoms with van der Waals surface area (Å²) in [5.41, 5.74) is -0.473. The molecule has 52 heavy (non-hydrogen) atoms. The maximum atomic E-state index is 14.1. The number of ether oxygens (including phenoxy) is 5. The molecule has 0 spiro atoms. The van der Waals surface area contributed by atoms with E-state index in [0.29, 0.717) is 26.8 Å². The summed E-state index contributed by atoms with van der Waals surface area (Å²) in [6.45, 7) is 3.76. The van der Waals surface area contributed by atoms with E-state index in [1.54, 1.807) is 49.4 Å². The Labute approximate surface area is 318 Å². The van der Waals surface area contributed by atoms with Crippen molar-refractivity contribution in [1.82, 2.24) is 20.9 Å². The summed E-state index contributed by atoms with van der Waals surface area (Å²) in [7, 11) is 2.69. The molecule has 3 aromatic rings. The number of aryl methyl sites for hydroxylation is 1. The molecule has 0 aliphatic carbocycles. The fourth-order valence-corrected chi connectivity index (χ4v) is 5.90. The molecule has 3 amide bonds. The quantitative estimate of drug-likeness (QED) is 0.0691. The van der Waals surface area contributed by atoms with Crippen molar-refractivity contribution in [3.8, 4) is 5.75 Å². The van der Waals surface area contributed by atoms with Crippen molar-refractivity contribution in [3.63, 3.8) is 0 Å². The number of rotatable bonds is 19. The fraction of sp³-hybridized carbons (Fsp3) is 0.400. The van der Waals surface area contributed by atoms with Gasteiger partial charge in [0.05, 0.1) is 30.5 Å². The van der Waals surface area contributed by atoms with Crippen molar-refractivity contribution in [2.75, 3.05) is 31.9 Å². The van der Waals surface area contributed by atoms with Crippen LogP contribution in [0.15, 0.2) is 60.8 Å². The number of thiazole rings is 1. The zero-order chi connectivity index (χ0) is 38.3. The highest BCUT2D eigenvalue weighted by atomic mass is 127. The zero-order valence-electron chi connectivity index (χ0n) is 29.3. The highest BCUT2D eigenvalue weighted by Crippen LogP contribution is 2.22. The number of nitrogens with one attached hydrogen (secondary N) is 3. The van der Waals surface area contributed by atoms with Crippen LogP contribution >= 0.6 is 33.9 Å². The first-order valence-corrected chi connectivity index (χ1v) is 18.2. The molecule has 1 aromatic heterocycles. The molecule has 0 saturated carbocycles. The van der Waals surface area contributed by atoms with Gasteiger partial charge in [0.25, 0.3) is 5.91 Å². The van der Waals surface area contributed by atoms with Crippen molar-refractivity contribution in [3.05, 3.63) is 81.8 Å². The van der Waals surface area contributed by atoms with Gasteiger partial charge in [0.2, 0.25) is 11.8 Å². The molecule has 0 radical (unpaired) electrons. The smallest absolute Gasteiger partial charge is 0.429 e. The van der Waals surface area contributed by atoms with Crippen LogP contribution in [0.4, 0.5) is 4.79 Å². The van der Waals surface area contributed by atoms with Crippen molar-refractivity contribution in [2.45, 2.75) is 57.5 Å². The van der Waals surface area contributed by atoms with E-state index >= 15 is 0 Å². The molecule has 4 atom stereocenters. The Balaban J connectivity index is 1.75. The summed E-state index contributed by atoms with van der Waals surface area (Å²) in [6.07, 6.45) is 0.294. The number of benzene rings is 2. The first kappa shape index (κ1) is 42.0. The third-order valence-electron chi connectivity index (χ3n) is 7.31. The normalized spacial score (nSPS) is 13.7. The van der Waals surface area contributed by atoms with Gasteiger partial charge in [0.1, 0.15) is 29.3 Å². The van der Waals surface area contributed by atoms with Crippen LogP contribution in [0, 0.1) is 6.92 Å². The highest BCUT2D eigenvalue weighted by molar-refractivity contribution is 14.1. The number of ketones is 1. The van der Waals surface area contributed by atoms with Gasteiger partial charge in [0, 0.05) is 25.6 Å². The Morgan fingerprint density at radius 1 is 0.846 bits per heavy atom. The molecule has 0 aliphatic heterocycles. The van der Waals surface area contributed by atoms with E-state index in [1.165, 1.54) is 46.4 Å². The van der Waals surface area contributed by atoms with E-state index in [0.717, 1.165) is 11.3 Å². The van der Waals surface area contributed by atoms with Crippen LogP contribution in [0.25, 0.3) is 0 Å². The minimum Gasteiger partial charge on any atom is -0.429 e. The number of methoxy groups -OCH3 is 2. The standard InChI is InChI=1S/C35H41IN4O11S/c1-21-37-16-29(52-21)33(45)40-28(19-48-5)32(44)39-27(18-47-4)31(43)38-26(15-23-9-7-6-8-10-23)30(42)35(3,20-36)51-34(46)49-17-24-11-13-25(14-12-24)50-22(2)41/h6-14,16,26-28H,15,17-20H2,1-5H3,(H,38,43)(H,39,44)(H,40,45). The second-order valence-corrected chi connectivity index (χ2v) is 13.6. The molecule has 0 aliphatic rings. The largest absolute Gasteiger partial charge is 0.509 e. The van der Waals surface area contributed by atoms with Crippen LogP contribution < -0.4 is 20.7 Å². The number of hydrogen-bond donors (Lipinski definition) is 3. The average Bonchev–Trinajstić information content (AvgIpc) is 3.56. The van der Waals surface area contributed by atoms with Gasteiger partial charge in [-0.3, -0.25) is 24.0 Å². The molecule has 4 unspecified atom stereocenters. The SMILES string of the molecule is COCC(NC(=O)c1cnc(C)s1)C(=O)NC(COC)C(=O)NC(Cc1ccccc1)C(=O)C(C)(CI)OC(=O)OCc1ccc(OC(C)=O)cc1. The molecular weight excluding hydrogens is 811 g/mol. The Hall–Kier alpha value is -4.46. The third-order valence-corrected chi connectivity index (χ3v) is 9.68. The predicted molar refractivity (Wildman–Crippen MR) is 197 cm³/mol. The van der Waals surface area contributed by atoms with Crippen molar-refractivity contribution >= 4 is 69.6 Å². The Morgan fingerprint density at radius 2 is 1.44 bits per heavy atom. The second-order valence-electron chi connectivity index (χ2n) is 11.6. The van der Waals surface area contributed by atoms with Crippen LogP contribution in [0.1, 0.15) is 39.7 Å². The number of esters is 1. The number of alkyl halides is 1. The molecule has 3 rings (SSSR count). The van der Waals surface area contributed by atoms with E-state index in [2.05, 4.69) is 20.9 Å². The highest BCUT2D eigenvalue weighted by Gasteiger charge is 2.42. The zero-order valence-corrected chi connectivity index (χ0v) is 32.2. The summed E-state index contributed by atoms with van der Waals surface area (Å²) in [5.74, 6) is -2.82. The number of nitrogens with zero attached hydrogens (tertiary/aromatic N) is 1.